The highest BCUT2D eigenvalue weighted by atomic mass is 16.4. The standard InChI is InChI=1S/C21H15N3O4/c1-23-19-17(20(26)24(21(19)27)12-7-3-2-4-8-12)18(22-23)14-11-16(25)28-15-10-6-5-9-13(14)15/h2-11,17,19H,1H3/t17-,19+/m0/s1. The van der Waals surface area contributed by atoms with Crippen molar-refractivity contribution in [3.05, 3.63) is 76.6 Å². The van der Waals surface area contributed by atoms with Crippen LogP contribution < -0.4 is 10.5 Å². The van der Waals surface area contributed by atoms with Gasteiger partial charge in [0.2, 0.25) is 5.91 Å². The summed E-state index contributed by atoms with van der Waals surface area (Å²) in [6, 6.07) is 16.5. The van der Waals surface area contributed by atoms with Crippen molar-refractivity contribution in [1.82, 2.24) is 5.01 Å². The molecule has 1 aromatic heterocycles. The molecule has 138 valence electrons. The van der Waals surface area contributed by atoms with Gasteiger partial charge in [-0.25, -0.2) is 9.69 Å². The van der Waals surface area contributed by atoms with Gasteiger partial charge in [0, 0.05) is 24.1 Å². The van der Waals surface area contributed by atoms with Crippen LogP contribution in [0.2, 0.25) is 0 Å². The Bertz CT molecular complexity index is 1220. The molecular formula is C21H15N3O4. The summed E-state index contributed by atoms with van der Waals surface area (Å²) in [5.74, 6) is -1.45. The third-order valence-electron chi connectivity index (χ3n) is 5.18. The van der Waals surface area contributed by atoms with Crippen molar-refractivity contribution in [1.29, 1.82) is 0 Å². The van der Waals surface area contributed by atoms with Crippen molar-refractivity contribution in [3.63, 3.8) is 0 Å². The van der Waals surface area contributed by atoms with Crippen molar-refractivity contribution in [3.8, 4) is 0 Å². The summed E-state index contributed by atoms with van der Waals surface area (Å²) in [4.78, 5) is 39.5. The summed E-state index contributed by atoms with van der Waals surface area (Å²) in [6.45, 7) is 0. The SMILES string of the molecule is CN1N=C(c2cc(=O)oc3ccccc23)[C@@H]2C(=O)N(c3ccccc3)C(=O)[C@@H]21. The van der Waals surface area contributed by atoms with E-state index in [1.165, 1.54) is 16.0 Å². The fourth-order valence-corrected chi connectivity index (χ4v) is 3.97. The maximum absolute atomic E-state index is 13.2. The largest absolute Gasteiger partial charge is 0.423 e. The number of carbonyl (C=O) groups excluding carboxylic acids is 2. The van der Waals surface area contributed by atoms with Crippen LogP contribution in [0.25, 0.3) is 11.0 Å². The molecule has 3 aromatic rings. The lowest BCUT2D eigenvalue weighted by Gasteiger charge is -2.18. The maximum Gasteiger partial charge on any atom is 0.336 e. The molecule has 0 saturated carbocycles. The molecule has 2 atom stereocenters. The van der Waals surface area contributed by atoms with Gasteiger partial charge in [-0.3, -0.25) is 14.6 Å². The number of rotatable bonds is 2. The second-order valence-corrected chi connectivity index (χ2v) is 6.80. The van der Waals surface area contributed by atoms with Gasteiger partial charge in [0.1, 0.15) is 17.5 Å². The Kier molecular flexibility index (Phi) is 3.45. The Hall–Kier alpha value is -3.74. The third-order valence-corrected chi connectivity index (χ3v) is 5.18. The molecule has 0 unspecified atom stereocenters. The summed E-state index contributed by atoms with van der Waals surface area (Å²) in [5.41, 5.74) is 1.34. The zero-order valence-corrected chi connectivity index (χ0v) is 14.9. The number of amides is 2. The van der Waals surface area contributed by atoms with Crippen LogP contribution >= 0.6 is 0 Å². The number of anilines is 1. The zero-order valence-electron chi connectivity index (χ0n) is 14.9. The molecule has 5 rings (SSSR count). The van der Waals surface area contributed by atoms with Gasteiger partial charge < -0.3 is 4.42 Å². The van der Waals surface area contributed by atoms with Crippen molar-refractivity contribution in [2.45, 2.75) is 6.04 Å². The average Bonchev–Trinajstić information content (AvgIpc) is 3.17. The van der Waals surface area contributed by atoms with Gasteiger partial charge in [0.05, 0.1) is 11.4 Å². The second-order valence-electron chi connectivity index (χ2n) is 6.80. The van der Waals surface area contributed by atoms with E-state index in [1.54, 1.807) is 49.5 Å². The molecule has 2 aromatic carbocycles. The van der Waals surface area contributed by atoms with Crippen LogP contribution in [-0.2, 0) is 9.59 Å². The molecule has 0 spiro atoms. The topological polar surface area (TPSA) is 83.2 Å². The first-order valence-electron chi connectivity index (χ1n) is 8.84. The first-order chi connectivity index (χ1) is 13.6. The Morgan fingerprint density at radius 3 is 2.43 bits per heavy atom. The Labute approximate surface area is 159 Å². The summed E-state index contributed by atoms with van der Waals surface area (Å²) >= 11 is 0. The Morgan fingerprint density at radius 2 is 1.64 bits per heavy atom. The molecule has 0 N–H and O–H groups in total. The number of imide groups is 1. The maximum atomic E-state index is 13.2. The van der Waals surface area contributed by atoms with E-state index in [4.69, 9.17) is 4.42 Å². The molecule has 0 radical (unpaired) electrons. The highest BCUT2D eigenvalue weighted by molar-refractivity contribution is 6.34. The first kappa shape index (κ1) is 16.4. The Balaban J connectivity index is 1.67. The summed E-state index contributed by atoms with van der Waals surface area (Å²) < 4.78 is 5.25. The van der Waals surface area contributed by atoms with Crippen molar-refractivity contribution in [2.24, 2.45) is 11.0 Å². The Morgan fingerprint density at radius 1 is 0.929 bits per heavy atom. The molecule has 0 aliphatic carbocycles. The smallest absolute Gasteiger partial charge is 0.336 e. The minimum absolute atomic E-state index is 0.324. The number of nitrogens with zero attached hydrogens (tertiary/aromatic N) is 3. The van der Waals surface area contributed by atoms with Crippen LogP contribution in [0, 0.1) is 5.92 Å². The number of benzene rings is 2. The van der Waals surface area contributed by atoms with Crippen molar-refractivity contribution >= 4 is 34.2 Å². The molecule has 2 aliphatic heterocycles. The first-order valence-corrected chi connectivity index (χ1v) is 8.84. The quantitative estimate of drug-likeness (QED) is 0.507. The minimum Gasteiger partial charge on any atom is -0.423 e. The van der Waals surface area contributed by atoms with E-state index in [2.05, 4.69) is 5.10 Å². The molecule has 0 bridgehead atoms. The number of carbonyl (C=O) groups is 2. The molecule has 3 heterocycles. The fraction of sp³-hybridized carbons (Fsp3) is 0.143. The predicted molar refractivity (Wildman–Crippen MR) is 103 cm³/mol. The summed E-state index contributed by atoms with van der Waals surface area (Å²) in [6.07, 6.45) is 0. The number of hydrazone groups is 1. The van der Waals surface area contributed by atoms with Crippen LogP contribution in [0.1, 0.15) is 5.56 Å². The van der Waals surface area contributed by atoms with Gasteiger partial charge in [-0.1, -0.05) is 36.4 Å². The minimum atomic E-state index is -0.775. The average molecular weight is 373 g/mol. The number of hydrogen-bond acceptors (Lipinski definition) is 6. The lowest BCUT2D eigenvalue weighted by molar-refractivity contribution is -0.122. The number of para-hydroxylation sites is 2. The highest BCUT2D eigenvalue weighted by Crippen LogP contribution is 2.37. The number of likely N-dealkylation sites (N-methyl/N-ethyl adjacent to an activating group) is 1. The van der Waals surface area contributed by atoms with E-state index in [1.807, 2.05) is 12.1 Å². The predicted octanol–water partition coefficient (Wildman–Crippen LogP) is 2.00. The zero-order chi connectivity index (χ0) is 19.4. The van der Waals surface area contributed by atoms with Gasteiger partial charge in [0.25, 0.3) is 5.91 Å². The van der Waals surface area contributed by atoms with E-state index < -0.39 is 17.6 Å². The van der Waals surface area contributed by atoms with E-state index in [0.29, 0.717) is 27.9 Å². The van der Waals surface area contributed by atoms with Gasteiger partial charge in [0.15, 0.2) is 0 Å². The van der Waals surface area contributed by atoms with E-state index >= 15 is 0 Å². The summed E-state index contributed by atoms with van der Waals surface area (Å²) in [5, 5.41) is 6.65. The fourth-order valence-electron chi connectivity index (χ4n) is 3.97. The molecule has 7 heteroatoms. The molecule has 7 nitrogen and oxygen atoms in total. The van der Waals surface area contributed by atoms with Gasteiger partial charge in [-0.2, -0.15) is 5.10 Å². The third kappa shape index (κ3) is 2.22. The number of hydrogen-bond donors (Lipinski definition) is 0. The molecule has 1 saturated heterocycles. The van der Waals surface area contributed by atoms with E-state index in [9.17, 15) is 14.4 Å². The lowest BCUT2D eigenvalue weighted by Crippen LogP contribution is -2.37. The normalized spacial score (nSPS) is 21.4. The van der Waals surface area contributed by atoms with E-state index in [-0.39, 0.29) is 11.8 Å². The highest BCUT2D eigenvalue weighted by Gasteiger charge is 2.56. The van der Waals surface area contributed by atoms with Crippen LogP contribution in [0.4, 0.5) is 5.69 Å². The molecular weight excluding hydrogens is 358 g/mol. The van der Waals surface area contributed by atoms with Gasteiger partial charge in [-0.05, 0) is 18.2 Å². The van der Waals surface area contributed by atoms with Gasteiger partial charge in [-0.15, -0.1) is 0 Å². The lowest BCUT2D eigenvalue weighted by atomic mass is 9.91. The molecule has 28 heavy (non-hydrogen) atoms. The monoisotopic (exact) mass is 373 g/mol. The van der Waals surface area contributed by atoms with Crippen molar-refractivity contribution in [2.75, 3.05) is 11.9 Å². The van der Waals surface area contributed by atoms with Gasteiger partial charge >= 0.3 is 5.63 Å². The molecule has 2 amide bonds. The van der Waals surface area contributed by atoms with Crippen LogP contribution in [-0.4, -0.2) is 35.6 Å². The van der Waals surface area contributed by atoms with Crippen LogP contribution in [0.3, 0.4) is 0 Å². The number of fused-ring (bicyclic) bond motifs is 2. The van der Waals surface area contributed by atoms with Crippen molar-refractivity contribution < 1.29 is 14.0 Å². The molecule has 2 aliphatic rings. The van der Waals surface area contributed by atoms with Crippen LogP contribution in [0.15, 0.2) is 75.0 Å². The van der Waals surface area contributed by atoms with Crippen LogP contribution in [0.5, 0.6) is 0 Å². The molecule has 1 fully saturated rings. The second kappa shape index (κ2) is 5.88. The van der Waals surface area contributed by atoms with E-state index in [0.717, 1.165) is 0 Å². The summed E-state index contributed by atoms with van der Waals surface area (Å²) in [7, 11) is 1.66.